The lowest BCUT2D eigenvalue weighted by molar-refractivity contribution is -0.137. The molecule has 0 aliphatic carbocycles. The fourth-order valence-electron chi connectivity index (χ4n) is 1.03. The molecule has 0 radical (unpaired) electrons. The van der Waals surface area contributed by atoms with Crippen molar-refractivity contribution in [3.63, 3.8) is 0 Å². The van der Waals surface area contributed by atoms with Crippen LogP contribution in [0.4, 0.5) is 17.6 Å². The van der Waals surface area contributed by atoms with E-state index in [-0.39, 0.29) is 6.61 Å². The highest BCUT2D eigenvalue weighted by Gasteiger charge is 2.35. The molecule has 0 amide bonds. The Hall–Kier alpha value is -0.970. The maximum atomic E-state index is 13.0. The second-order valence-electron chi connectivity index (χ2n) is 2.67. The zero-order valence-electron chi connectivity index (χ0n) is 7.66. The Balaban J connectivity index is 3.28. The Kier molecular flexibility index (Phi) is 3.44. The van der Waals surface area contributed by atoms with Crippen LogP contribution in [0.2, 0.25) is 5.02 Å². The highest BCUT2D eigenvalue weighted by Crippen LogP contribution is 2.40. The first-order valence-electron chi connectivity index (χ1n) is 4.06. The minimum absolute atomic E-state index is 0.0396. The predicted octanol–water partition coefficient (Wildman–Crippen LogP) is 3.90. The van der Waals surface area contributed by atoms with E-state index < -0.39 is 28.3 Å². The number of alkyl halides is 3. The van der Waals surface area contributed by atoms with Crippen molar-refractivity contribution >= 4 is 11.6 Å². The van der Waals surface area contributed by atoms with Gasteiger partial charge in [-0.05, 0) is 19.1 Å². The lowest BCUT2D eigenvalue weighted by Crippen LogP contribution is -2.08. The number of benzene rings is 1. The Morgan fingerprint density at radius 3 is 2.40 bits per heavy atom. The molecule has 0 spiro atoms. The summed E-state index contributed by atoms with van der Waals surface area (Å²) in [6.07, 6.45) is -4.61. The summed E-state index contributed by atoms with van der Waals surface area (Å²) in [4.78, 5) is 0. The molecule has 0 saturated heterocycles. The van der Waals surface area contributed by atoms with Crippen molar-refractivity contribution in [1.29, 1.82) is 0 Å². The number of ether oxygens (including phenoxy) is 1. The average Bonchev–Trinajstić information content (AvgIpc) is 2.09. The predicted molar refractivity (Wildman–Crippen MR) is 47.6 cm³/mol. The van der Waals surface area contributed by atoms with Crippen molar-refractivity contribution in [3.8, 4) is 5.75 Å². The topological polar surface area (TPSA) is 9.23 Å². The molecule has 0 unspecified atom stereocenters. The van der Waals surface area contributed by atoms with Gasteiger partial charge >= 0.3 is 6.18 Å². The van der Waals surface area contributed by atoms with Gasteiger partial charge in [-0.25, -0.2) is 4.39 Å². The first-order valence-corrected chi connectivity index (χ1v) is 4.43. The summed E-state index contributed by atoms with van der Waals surface area (Å²) in [6.45, 7) is 1.56. The van der Waals surface area contributed by atoms with Crippen LogP contribution < -0.4 is 4.74 Å². The fraction of sp³-hybridized carbons (Fsp3) is 0.333. The van der Waals surface area contributed by atoms with Crippen molar-refractivity contribution in [2.45, 2.75) is 13.1 Å². The number of halogens is 5. The van der Waals surface area contributed by atoms with E-state index in [0.717, 1.165) is 0 Å². The van der Waals surface area contributed by atoms with Crippen LogP contribution in [0, 0.1) is 5.82 Å². The van der Waals surface area contributed by atoms with Crippen molar-refractivity contribution in [1.82, 2.24) is 0 Å². The fourth-order valence-corrected chi connectivity index (χ4v) is 1.34. The number of rotatable bonds is 2. The maximum Gasteiger partial charge on any atom is 0.417 e. The van der Waals surface area contributed by atoms with Crippen LogP contribution in [0.25, 0.3) is 0 Å². The van der Waals surface area contributed by atoms with Crippen LogP contribution in [-0.4, -0.2) is 6.61 Å². The van der Waals surface area contributed by atoms with Gasteiger partial charge in [-0.3, -0.25) is 0 Å². The summed E-state index contributed by atoms with van der Waals surface area (Å²) in [6, 6.07) is 1.26. The molecule has 0 bridgehead atoms. The standard InChI is InChI=1S/C9H7ClF4O/c1-2-15-8-6(11)4-3-5(7(8)10)9(12,13)14/h3-4H,2H2,1H3. The van der Waals surface area contributed by atoms with Crippen LogP contribution in [-0.2, 0) is 6.18 Å². The third-order valence-corrected chi connectivity index (χ3v) is 2.02. The van der Waals surface area contributed by atoms with E-state index in [0.29, 0.717) is 12.1 Å². The lowest BCUT2D eigenvalue weighted by atomic mass is 10.2. The quantitative estimate of drug-likeness (QED) is 0.715. The van der Waals surface area contributed by atoms with Crippen molar-refractivity contribution in [2.75, 3.05) is 6.61 Å². The first kappa shape index (κ1) is 12.1. The highest BCUT2D eigenvalue weighted by molar-refractivity contribution is 6.32. The van der Waals surface area contributed by atoms with Gasteiger partial charge in [-0.15, -0.1) is 0 Å². The molecule has 1 nitrogen and oxygen atoms in total. The zero-order chi connectivity index (χ0) is 11.6. The van der Waals surface area contributed by atoms with Gasteiger partial charge in [0.2, 0.25) is 0 Å². The van der Waals surface area contributed by atoms with Gasteiger partial charge in [0.1, 0.15) is 0 Å². The van der Waals surface area contributed by atoms with Gasteiger partial charge in [-0.1, -0.05) is 11.6 Å². The minimum atomic E-state index is -4.61. The molecule has 1 aromatic rings. The highest BCUT2D eigenvalue weighted by atomic mass is 35.5. The molecule has 0 aliphatic heterocycles. The Labute approximate surface area is 88.6 Å². The largest absolute Gasteiger partial charge is 0.489 e. The van der Waals surface area contributed by atoms with Gasteiger partial charge in [0.05, 0.1) is 17.2 Å². The van der Waals surface area contributed by atoms with E-state index >= 15 is 0 Å². The van der Waals surface area contributed by atoms with Crippen molar-refractivity contribution in [2.24, 2.45) is 0 Å². The van der Waals surface area contributed by atoms with Crippen molar-refractivity contribution < 1.29 is 22.3 Å². The molecule has 6 heteroatoms. The molecule has 0 aromatic heterocycles. The van der Waals surface area contributed by atoms with Crippen molar-refractivity contribution in [3.05, 3.63) is 28.5 Å². The summed E-state index contributed by atoms with van der Waals surface area (Å²) in [5.74, 6) is -1.47. The smallest absolute Gasteiger partial charge is 0.417 e. The third-order valence-electron chi connectivity index (χ3n) is 1.64. The van der Waals surface area contributed by atoms with E-state index in [9.17, 15) is 17.6 Å². The molecule has 0 fully saturated rings. The molecule has 1 aromatic carbocycles. The Bertz CT molecular complexity index is 362. The summed E-state index contributed by atoms with van der Waals surface area (Å²) in [7, 11) is 0. The van der Waals surface area contributed by atoms with Crippen LogP contribution >= 0.6 is 11.6 Å². The summed E-state index contributed by atoms with van der Waals surface area (Å²) in [5, 5.41) is -0.746. The number of hydrogen-bond donors (Lipinski definition) is 0. The first-order chi connectivity index (χ1) is 6.88. The summed E-state index contributed by atoms with van der Waals surface area (Å²) >= 11 is 5.39. The Morgan fingerprint density at radius 1 is 1.33 bits per heavy atom. The van der Waals surface area contributed by atoms with Gasteiger partial charge in [0, 0.05) is 0 Å². The van der Waals surface area contributed by atoms with E-state index in [1.165, 1.54) is 6.92 Å². The molecule has 0 N–H and O–H groups in total. The number of hydrogen-bond acceptors (Lipinski definition) is 1. The van der Waals surface area contributed by atoms with E-state index in [1.54, 1.807) is 0 Å². The molecule has 0 saturated carbocycles. The lowest BCUT2D eigenvalue weighted by Gasteiger charge is -2.13. The second-order valence-corrected chi connectivity index (χ2v) is 3.05. The molecule has 84 valence electrons. The summed E-state index contributed by atoms with van der Waals surface area (Å²) < 4.78 is 54.7. The summed E-state index contributed by atoms with van der Waals surface area (Å²) in [5.41, 5.74) is -1.10. The second kappa shape index (κ2) is 4.26. The van der Waals surface area contributed by atoms with E-state index in [4.69, 9.17) is 16.3 Å². The molecule has 0 atom stereocenters. The zero-order valence-corrected chi connectivity index (χ0v) is 8.42. The van der Waals surface area contributed by atoms with Crippen LogP contribution in [0.1, 0.15) is 12.5 Å². The van der Waals surface area contributed by atoms with Gasteiger partial charge in [0.25, 0.3) is 0 Å². The monoisotopic (exact) mass is 242 g/mol. The molecule has 1 rings (SSSR count). The SMILES string of the molecule is CCOc1c(F)ccc(C(F)(F)F)c1Cl. The van der Waals surface area contributed by atoms with Crippen LogP contribution in [0.3, 0.4) is 0 Å². The maximum absolute atomic E-state index is 13.0. The Morgan fingerprint density at radius 2 is 1.93 bits per heavy atom. The van der Waals surface area contributed by atoms with Crippen LogP contribution in [0.15, 0.2) is 12.1 Å². The van der Waals surface area contributed by atoms with Gasteiger partial charge in [0.15, 0.2) is 11.6 Å². The molecular weight excluding hydrogens is 236 g/mol. The van der Waals surface area contributed by atoms with Gasteiger partial charge in [-0.2, -0.15) is 13.2 Å². The average molecular weight is 243 g/mol. The third kappa shape index (κ3) is 2.53. The van der Waals surface area contributed by atoms with Gasteiger partial charge < -0.3 is 4.74 Å². The molecule has 0 heterocycles. The molecular formula is C9H7ClF4O. The molecule has 15 heavy (non-hydrogen) atoms. The minimum Gasteiger partial charge on any atom is -0.489 e. The van der Waals surface area contributed by atoms with E-state index in [1.807, 2.05) is 0 Å². The van der Waals surface area contributed by atoms with Crippen LogP contribution in [0.5, 0.6) is 5.75 Å². The van der Waals surface area contributed by atoms with E-state index in [2.05, 4.69) is 0 Å². The molecule has 0 aliphatic rings. The normalized spacial score (nSPS) is 11.6.